The number of benzene rings is 1. The van der Waals surface area contributed by atoms with Crippen molar-refractivity contribution in [1.29, 1.82) is 0 Å². The van der Waals surface area contributed by atoms with Gasteiger partial charge < -0.3 is 5.32 Å². The molecule has 0 spiro atoms. The van der Waals surface area contributed by atoms with Crippen molar-refractivity contribution in [2.24, 2.45) is 0 Å². The molecule has 1 saturated heterocycles. The van der Waals surface area contributed by atoms with Gasteiger partial charge in [0.15, 0.2) is 0 Å². The van der Waals surface area contributed by atoms with Crippen molar-refractivity contribution >= 4 is 40.7 Å². The van der Waals surface area contributed by atoms with Crippen LogP contribution in [0.4, 0.5) is 0 Å². The molecule has 0 radical (unpaired) electrons. The van der Waals surface area contributed by atoms with Crippen LogP contribution in [0.2, 0.25) is 0 Å². The van der Waals surface area contributed by atoms with E-state index >= 15 is 0 Å². The van der Waals surface area contributed by atoms with E-state index in [-0.39, 0.29) is 11.3 Å². The van der Waals surface area contributed by atoms with Crippen LogP contribution in [0, 0.1) is 0 Å². The lowest BCUT2D eigenvalue weighted by Crippen LogP contribution is -2.55. The standard InChI is InChI=1S/C19H27Cl3N2O/c1-18(2,3)15-10-8-14(9-11-15)16(25)23-17(19(20,21)22)24-12-6-4-5-7-13-24/h8-11,17H,4-7,12-13H2,1-3H3,(H,23,25)/t17-/m1/s1. The number of carbonyl (C=O) groups is 1. The molecule has 1 aliphatic rings. The Kier molecular flexibility index (Phi) is 7.06. The molecule has 1 atom stereocenters. The quantitative estimate of drug-likeness (QED) is 0.693. The molecule has 0 bridgehead atoms. The van der Waals surface area contributed by atoms with E-state index in [0.29, 0.717) is 5.56 Å². The van der Waals surface area contributed by atoms with Gasteiger partial charge >= 0.3 is 0 Å². The van der Waals surface area contributed by atoms with Crippen molar-refractivity contribution < 1.29 is 4.79 Å². The number of alkyl halides is 3. The smallest absolute Gasteiger partial charge is 0.252 e. The first-order valence-corrected chi connectivity index (χ1v) is 9.94. The Morgan fingerprint density at radius 2 is 1.52 bits per heavy atom. The maximum Gasteiger partial charge on any atom is 0.252 e. The van der Waals surface area contributed by atoms with Crippen LogP contribution in [-0.4, -0.2) is 33.9 Å². The van der Waals surface area contributed by atoms with Crippen molar-refractivity contribution in [3.05, 3.63) is 35.4 Å². The van der Waals surface area contributed by atoms with E-state index in [1.807, 2.05) is 24.3 Å². The molecular formula is C19H27Cl3N2O. The van der Waals surface area contributed by atoms with Crippen LogP contribution >= 0.6 is 34.8 Å². The number of likely N-dealkylation sites (tertiary alicyclic amines) is 1. The number of amides is 1. The molecule has 1 aromatic rings. The van der Waals surface area contributed by atoms with Crippen LogP contribution in [0.1, 0.15) is 62.4 Å². The highest BCUT2D eigenvalue weighted by atomic mass is 35.6. The van der Waals surface area contributed by atoms with Crippen molar-refractivity contribution in [3.63, 3.8) is 0 Å². The molecule has 2 rings (SSSR count). The minimum Gasteiger partial charge on any atom is -0.332 e. The number of nitrogens with one attached hydrogen (secondary N) is 1. The molecule has 0 saturated carbocycles. The van der Waals surface area contributed by atoms with E-state index in [9.17, 15) is 4.79 Å². The predicted molar refractivity (Wildman–Crippen MR) is 107 cm³/mol. The van der Waals surface area contributed by atoms with Crippen LogP contribution < -0.4 is 5.32 Å². The second-order valence-corrected chi connectivity index (χ2v) is 10.1. The first-order valence-electron chi connectivity index (χ1n) is 8.81. The summed E-state index contributed by atoms with van der Waals surface area (Å²) in [6, 6.07) is 7.61. The van der Waals surface area contributed by atoms with Crippen molar-refractivity contribution in [3.8, 4) is 0 Å². The lowest BCUT2D eigenvalue weighted by atomic mass is 9.87. The number of hydrogen-bond donors (Lipinski definition) is 1. The largest absolute Gasteiger partial charge is 0.332 e. The molecule has 1 amide bonds. The summed E-state index contributed by atoms with van der Waals surface area (Å²) in [5, 5.41) is 2.92. The third kappa shape index (κ3) is 6.02. The Hall–Kier alpha value is -0.480. The SMILES string of the molecule is CC(C)(C)c1ccc(C(=O)N[C@H](N2CCCCCC2)C(Cl)(Cl)Cl)cc1. The van der Waals surface area contributed by atoms with Gasteiger partial charge in [0.25, 0.3) is 5.91 Å². The normalized spacial score (nSPS) is 18.5. The summed E-state index contributed by atoms with van der Waals surface area (Å²) in [6.45, 7) is 8.06. The summed E-state index contributed by atoms with van der Waals surface area (Å²) >= 11 is 18.5. The second-order valence-electron chi connectivity index (χ2n) is 7.70. The topological polar surface area (TPSA) is 32.3 Å². The lowest BCUT2D eigenvalue weighted by molar-refractivity contribution is 0.0853. The lowest BCUT2D eigenvalue weighted by Gasteiger charge is -2.35. The van der Waals surface area contributed by atoms with E-state index in [0.717, 1.165) is 25.9 Å². The minimum atomic E-state index is -1.58. The summed E-state index contributed by atoms with van der Waals surface area (Å²) in [4.78, 5) is 14.7. The van der Waals surface area contributed by atoms with Crippen molar-refractivity contribution in [2.45, 2.75) is 61.8 Å². The van der Waals surface area contributed by atoms with Gasteiger partial charge in [0.1, 0.15) is 6.17 Å². The Balaban J connectivity index is 2.13. The monoisotopic (exact) mass is 404 g/mol. The molecule has 140 valence electrons. The molecule has 1 heterocycles. The van der Waals surface area contributed by atoms with Crippen LogP contribution in [-0.2, 0) is 5.41 Å². The second kappa shape index (κ2) is 8.47. The van der Waals surface area contributed by atoms with E-state index in [1.54, 1.807) is 0 Å². The zero-order valence-electron chi connectivity index (χ0n) is 15.1. The maximum absolute atomic E-state index is 12.7. The van der Waals surface area contributed by atoms with Gasteiger partial charge in [-0.15, -0.1) is 0 Å². The Morgan fingerprint density at radius 3 is 1.96 bits per heavy atom. The van der Waals surface area contributed by atoms with Crippen LogP contribution in [0.5, 0.6) is 0 Å². The Bertz CT molecular complexity index is 568. The molecule has 3 nitrogen and oxygen atoms in total. The zero-order chi connectivity index (χ0) is 18.7. The van der Waals surface area contributed by atoms with E-state index in [1.165, 1.54) is 18.4 Å². The highest BCUT2D eigenvalue weighted by Gasteiger charge is 2.38. The van der Waals surface area contributed by atoms with Gasteiger partial charge in [-0.2, -0.15) is 0 Å². The molecule has 25 heavy (non-hydrogen) atoms. The average Bonchev–Trinajstić information content (AvgIpc) is 2.79. The van der Waals surface area contributed by atoms with Gasteiger partial charge in [-0.3, -0.25) is 9.69 Å². The maximum atomic E-state index is 12.7. The molecule has 1 aliphatic heterocycles. The summed E-state index contributed by atoms with van der Waals surface area (Å²) in [6.07, 6.45) is 3.81. The fourth-order valence-corrected chi connectivity index (χ4v) is 3.64. The van der Waals surface area contributed by atoms with Gasteiger partial charge in [0, 0.05) is 18.7 Å². The Labute approximate surface area is 166 Å². The third-order valence-corrected chi connectivity index (χ3v) is 5.22. The van der Waals surface area contributed by atoms with Crippen LogP contribution in [0.25, 0.3) is 0 Å². The number of rotatable bonds is 3. The van der Waals surface area contributed by atoms with Gasteiger partial charge in [-0.25, -0.2) is 0 Å². The number of hydrogen-bond acceptors (Lipinski definition) is 2. The third-order valence-electron chi connectivity index (χ3n) is 4.60. The van der Waals surface area contributed by atoms with Gasteiger partial charge in [-0.05, 0) is 36.0 Å². The summed E-state index contributed by atoms with van der Waals surface area (Å²) in [7, 11) is 0. The summed E-state index contributed by atoms with van der Waals surface area (Å²) in [5.74, 6) is -0.221. The van der Waals surface area contributed by atoms with Gasteiger partial charge in [0.2, 0.25) is 3.79 Å². The fourth-order valence-electron chi connectivity index (χ4n) is 3.06. The molecule has 1 aromatic carbocycles. The highest BCUT2D eigenvalue weighted by Crippen LogP contribution is 2.33. The van der Waals surface area contributed by atoms with E-state index in [4.69, 9.17) is 34.8 Å². The molecule has 0 unspecified atom stereocenters. The van der Waals surface area contributed by atoms with E-state index in [2.05, 4.69) is 31.0 Å². The van der Waals surface area contributed by atoms with Crippen LogP contribution in [0.15, 0.2) is 24.3 Å². The van der Waals surface area contributed by atoms with Crippen molar-refractivity contribution in [1.82, 2.24) is 10.2 Å². The molecule has 1 fully saturated rings. The fraction of sp³-hybridized carbons (Fsp3) is 0.632. The predicted octanol–water partition coefficient (Wildman–Crippen LogP) is 5.29. The number of carbonyl (C=O) groups excluding carboxylic acids is 1. The molecule has 6 heteroatoms. The zero-order valence-corrected chi connectivity index (χ0v) is 17.4. The highest BCUT2D eigenvalue weighted by molar-refractivity contribution is 6.68. The van der Waals surface area contributed by atoms with Crippen LogP contribution in [0.3, 0.4) is 0 Å². The molecule has 0 aliphatic carbocycles. The Morgan fingerprint density at radius 1 is 1.00 bits per heavy atom. The minimum absolute atomic E-state index is 0.0428. The average molecular weight is 406 g/mol. The first kappa shape index (κ1) is 20.8. The van der Waals surface area contributed by atoms with Gasteiger partial charge in [0.05, 0.1) is 0 Å². The van der Waals surface area contributed by atoms with Gasteiger partial charge in [-0.1, -0.05) is 80.5 Å². The summed E-state index contributed by atoms with van der Waals surface area (Å²) < 4.78 is -1.58. The first-order chi connectivity index (χ1) is 11.6. The molecular weight excluding hydrogens is 379 g/mol. The number of nitrogens with zero attached hydrogens (tertiary/aromatic N) is 1. The molecule has 0 aromatic heterocycles. The van der Waals surface area contributed by atoms with E-state index < -0.39 is 9.96 Å². The molecule has 1 N–H and O–H groups in total. The number of halogens is 3. The van der Waals surface area contributed by atoms with Crippen molar-refractivity contribution in [2.75, 3.05) is 13.1 Å². The summed E-state index contributed by atoms with van der Waals surface area (Å²) in [5.41, 5.74) is 1.79.